The molecule has 17 heavy (non-hydrogen) atoms. The van der Waals surface area contributed by atoms with Gasteiger partial charge in [-0.2, -0.15) is 0 Å². The van der Waals surface area contributed by atoms with Crippen LogP contribution in [0.3, 0.4) is 0 Å². The van der Waals surface area contributed by atoms with Crippen molar-refractivity contribution >= 4 is 11.5 Å². The fraction of sp³-hybridized carbons (Fsp3) is 0.267. The molecule has 1 aliphatic heterocycles. The second kappa shape index (κ2) is 5.36. The minimum atomic E-state index is -0.155. The highest BCUT2D eigenvalue weighted by atomic mass is 16.5. The Morgan fingerprint density at radius 3 is 2.65 bits per heavy atom. The van der Waals surface area contributed by atoms with Crippen LogP contribution in [-0.4, -0.2) is 5.97 Å². The Morgan fingerprint density at radius 2 is 2.00 bits per heavy atom. The molecule has 0 N–H and O–H groups in total. The Labute approximate surface area is 101 Å². The molecule has 2 nitrogen and oxygen atoms in total. The molecular formula is C15H14O2. The van der Waals surface area contributed by atoms with Crippen LogP contribution in [0.4, 0.5) is 0 Å². The molecule has 0 amide bonds. The van der Waals surface area contributed by atoms with Gasteiger partial charge in [0.25, 0.3) is 0 Å². The van der Waals surface area contributed by atoms with E-state index in [-0.39, 0.29) is 5.97 Å². The third-order valence-corrected chi connectivity index (χ3v) is 2.61. The van der Waals surface area contributed by atoms with Gasteiger partial charge in [0.15, 0.2) is 0 Å². The van der Waals surface area contributed by atoms with E-state index in [0.29, 0.717) is 12.2 Å². The van der Waals surface area contributed by atoms with Gasteiger partial charge in [0.1, 0.15) is 5.76 Å². The Bertz CT molecular complexity index is 501. The Balaban J connectivity index is 2.43. The van der Waals surface area contributed by atoms with Crippen LogP contribution < -0.4 is 0 Å². The van der Waals surface area contributed by atoms with Gasteiger partial charge in [0.05, 0.1) is 5.57 Å². The monoisotopic (exact) mass is 226 g/mol. The maximum atomic E-state index is 11.3. The molecular weight excluding hydrogens is 212 g/mol. The Kier molecular flexibility index (Phi) is 3.62. The topological polar surface area (TPSA) is 26.3 Å². The summed E-state index contributed by atoms with van der Waals surface area (Å²) in [5.74, 6) is 6.48. The first-order valence-electron chi connectivity index (χ1n) is 5.73. The van der Waals surface area contributed by atoms with E-state index in [0.717, 1.165) is 24.0 Å². The van der Waals surface area contributed by atoms with Crippen molar-refractivity contribution in [3.8, 4) is 11.8 Å². The number of carbonyl (C=O) groups excluding carboxylic acids is 1. The quantitative estimate of drug-likeness (QED) is 0.543. The molecule has 0 saturated carbocycles. The second-order valence-corrected chi connectivity index (χ2v) is 3.87. The molecule has 1 aromatic rings. The molecule has 1 saturated heterocycles. The van der Waals surface area contributed by atoms with Crippen LogP contribution in [-0.2, 0) is 9.53 Å². The minimum Gasteiger partial charge on any atom is -0.430 e. The van der Waals surface area contributed by atoms with E-state index < -0.39 is 0 Å². The summed E-state index contributed by atoms with van der Waals surface area (Å²) in [6, 6.07) is 9.83. The van der Waals surface area contributed by atoms with Crippen LogP contribution in [0.1, 0.15) is 31.7 Å². The van der Waals surface area contributed by atoms with Gasteiger partial charge in [-0.05, 0) is 18.9 Å². The zero-order valence-corrected chi connectivity index (χ0v) is 9.82. The maximum absolute atomic E-state index is 11.3. The van der Waals surface area contributed by atoms with Crippen molar-refractivity contribution in [3.05, 3.63) is 41.7 Å². The fourth-order valence-electron chi connectivity index (χ4n) is 1.84. The molecule has 1 aromatic carbocycles. The first-order valence-corrected chi connectivity index (χ1v) is 5.73. The molecule has 0 aromatic heterocycles. The molecule has 2 rings (SSSR count). The largest absolute Gasteiger partial charge is 0.430 e. The number of carbonyl (C=O) groups is 1. The molecule has 1 heterocycles. The summed E-state index contributed by atoms with van der Waals surface area (Å²) in [6.07, 6.45) is 2.13. The normalized spacial score (nSPS) is 17.8. The third-order valence-electron chi connectivity index (χ3n) is 2.61. The molecule has 1 fully saturated rings. The standard InChI is InChI=1S/C15H14O2/c1-2-7-13(12-8-4-3-5-9-12)14-10-6-11-15(16)17-14/h3-5,8-9H,6,10-11H2,1H3/b14-13-. The zero-order chi connectivity index (χ0) is 12.1. The first-order chi connectivity index (χ1) is 8.31. The summed E-state index contributed by atoms with van der Waals surface area (Å²) in [5.41, 5.74) is 1.84. The second-order valence-electron chi connectivity index (χ2n) is 3.87. The van der Waals surface area contributed by atoms with Crippen LogP contribution in [0.25, 0.3) is 5.57 Å². The molecule has 0 radical (unpaired) electrons. The lowest BCUT2D eigenvalue weighted by Gasteiger charge is -2.16. The van der Waals surface area contributed by atoms with Gasteiger partial charge in [-0.3, -0.25) is 4.79 Å². The summed E-state index contributed by atoms with van der Waals surface area (Å²) in [7, 11) is 0. The highest BCUT2D eigenvalue weighted by Crippen LogP contribution is 2.26. The van der Waals surface area contributed by atoms with E-state index in [1.54, 1.807) is 6.92 Å². The van der Waals surface area contributed by atoms with Crippen LogP contribution >= 0.6 is 0 Å². The van der Waals surface area contributed by atoms with Crippen molar-refractivity contribution in [2.45, 2.75) is 26.2 Å². The summed E-state index contributed by atoms with van der Waals surface area (Å²) >= 11 is 0. The molecule has 2 heteroatoms. The average Bonchev–Trinajstić information content (AvgIpc) is 2.37. The zero-order valence-electron chi connectivity index (χ0n) is 9.82. The molecule has 86 valence electrons. The number of benzene rings is 1. The molecule has 0 unspecified atom stereocenters. The molecule has 0 bridgehead atoms. The van der Waals surface area contributed by atoms with Gasteiger partial charge in [0.2, 0.25) is 0 Å². The number of allylic oxidation sites excluding steroid dienone is 2. The lowest BCUT2D eigenvalue weighted by atomic mass is 10.0. The van der Waals surface area contributed by atoms with E-state index in [1.165, 1.54) is 0 Å². The number of cyclic esters (lactones) is 1. The number of hydrogen-bond donors (Lipinski definition) is 0. The van der Waals surface area contributed by atoms with E-state index in [9.17, 15) is 4.79 Å². The van der Waals surface area contributed by atoms with Crippen LogP contribution in [0.2, 0.25) is 0 Å². The molecule has 1 aliphatic rings. The van der Waals surface area contributed by atoms with Crippen molar-refractivity contribution in [2.75, 3.05) is 0 Å². The van der Waals surface area contributed by atoms with Gasteiger partial charge in [-0.15, -0.1) is 5.92 Å². The van der Waals surface area contributed by atoms with Gasteiger partial charge in [-0.1, -0.05) is 36.3 Å². The summed E-state index contributed by atoms with van der Waals surface area (Å²) in [5, 5.41) is 0. The highest BCUT2D eigenvalue weighted by Gasteiger charge is 2.18. The lowest BCUT2D eigenvalue weighted by Crippen LogP contribution is -2.11. The van der Waals surface area contributed by atoms with Crippen molar-refractivity contribution < 1.29 is 9.53 Å². The summed E-state index contributed by atoms with van der Waals surface area (Å²) in [4.78, 5) is 11.3. The van der Waals surface area contributed by atoms with E-state index in [1.807, 2.05) is 30.3 Å². The third kappa shape index (κ3) is 2.76. The summed E-state index contributed by atoms with van der Waals surface area (Å²) < 4.78 is 5.29. The van der Waals surface area contributed by atoms with Crippen molar-refractivity contribution in [1.29, 1.82) is 0 Å². The Morgan fingerprint density at radius 1 is 1.24 bits per heavy atom. The number of hydrogen-bond acceptors (Lipinski definition) is 2. The van der Waals surface area contributed by atoms with Gasteiger partial charge in [-0.25, -0.2) is 0 Å². The number of esters is 1. The van der Waals surface area contributed by atoms with Crippen molar-refractivity contribution in [1.82, 2.24) is 0 Å². The van der Waals surface area contributed by atoms with E-state index in [2.05, 4.69) is 11.8 Å². The van der Waals surface area contributed by atoms with Gasteiger partial charge >= 0.3 is 5.97 Å². The minimum absolute atomic E-state index is 0.155. The fourth-order valence-corrected chi connectivity index (χ4v) is 1.84. The smallest absolute Gasteiger partial charge is 0.310 e. The maximum Gasteiger partial charge on any atom is 0.310 e. The molecule has 0 atom stereocenters. The average molecular weight is 226 g/mol. The van der Waals surface area contributed by atoms with Crippen LogP contribution in [0, 0.1) is 11.8 Å². The summed E-state index contributed by atoms with van der Waals surface area (Å²) in [6.45, 7) is 1.79. The highest BCUT2D eigenvalue weighted by molar-refractivity contribution is 5.83. The molecule has 0 spiro atoms. The van der Waals surface area contributed by atoms with Crippen LogP contribution in [0.15, 0.2) is 36.1 Å². The van der Waals surface area contributed by atoms with Crippen molar-refractivity contribution in [2.24, 2.45) is 0 Å². The lowest BCUT2D eigenvalue weighted by molar-refractivity contribution is -0.141. The van der Waals surface area contributed by atoms with E-state index in [4.69, 9.17) is 4.74 Å². The Hall–Kier alpha value is -2.01. The van der Waals surface area contributed by atoms with E-state index >= 15 is 0 Å². The first kappa shape index (κ1) is 11.5. The van der Waals surface area contributed by atoms with Gasteiger partial charge < -0.3 is 4.74 Å². The predicted molar refractivity (Wildman–Crippen MR) is 66.8 cm³/mol. The SMILES string of the molecule is CC#C/C(=C1\CCCC(=O)O1)c1ccccc1. The van der Waals surface area contributed by atoms with Crippen LogP contribution in [0.5, 0.6) is 0 Å². The van der Waals surface area contributed by atoms with Gasteiger partial charge in [0, 0.05) is 12.8 Å². The predicted octanol–water partition coefficient (Wildman–Crippen LogP) is 3.15. The number of rotatable bonds is 1. The number of ether oxygens (including phenoxy) is 1. The molecule has 0 aliphatic carbocycles. The van der Waals surface area contributed by atoms with Crippen molar-refractivity contribution in [3.63, 3.8) is 0 Å².